The second-order valence-electron chi connectivity index (χ2n) is 5.80. The van der Waals surface area contributed by atoms with E-state index in [1.807, 2.05) is 0 Å². The third-order valence-corrected chi connectivity index (χ3v) is 4.30. The van der Waals surface area contributed by atoms with Crippen LogP contribution in [0.3, 0.4) is 0 Å². The van der Waals surface area contributed by atoms with Gasteiger partial charge in [-0.05, 0) is 19.9 Å². The number of carbonyl (C=O) groups is 1. The predicted molar refractivity (Wildman–Crippen MR) is 69.8 cm³/mol. The number of nitrogens with one attached hydrogen (secondary N) is 1. The van der Waals surface area contributed by atoms with Gasteiger partial charge in [-0.25, -0.2) is 0 Å². The van der Waals surface area contributed by atoms with E-state index in [1.54, 1.807) is 11.9 Å². The van der Waals surface area contributed by atoms with Crippen LogP contribution < -0.4 is 4.90 Å². The molecule has 21 heavy (non-hydrogen) atoms. The van der Waals surface area contributed by atoms with Crippen LogP contribution in [-0.2, 0) is 11.2 Å². The Morgan fingerprint density at radius 3 is 2.90 bits per heavy atom. The van der Waals surface area contributed by atoms with Crippen LogP contribution in [0.5, 0.6) is 0 Å². The first-order chi connectivity index (χ1) is 9.88. The molecule has 0 radical (unpaired) electrons. The van der Waals surface area contributed by atoms with Crippen LogP contribution in [0.4, 0.5) is 18.9 Å². The highest BCUT2D eigenvalue weighted by molar-refractivity contribution is 5.96. The highest BCUT2D eigenvalue weighted by Gasteiger charge is 2.52. The molecule has 0 aliphatic carbocycles. The maximum atomic E-state index is 13.1. The van der Waals surface area contributed by atoms with Crippen LogP contribution in [0.1, 0.15) is 12.1 Å². The number of likely N-dealkylation sites (tertiary alicyclic amines) is 1. The molecule has 2 aliphatic heterocycles. The molecular weight excluding hydrogens is 285 g/mol. The van der Waals surface area contributed by atoms with E-state index in [2.05, 4.69) is 10.2 Å². The van der Waals surface area contributed by atoms with Crippen molar-refractivity contribution in [3.8, 4) is 0 Å². The lowest BCUT2D eigenvalue weighted by atomic mass is 9.93. The first-order valence-electron chi connectivity index (χ1n) is 6.97. The van der Waals surface area contributed by atoms with Gasteiger partial charge >= 0.3 is 6.18 Å². The van der Waals surface area contributed by atoms with Crippen molar-refractivity contribution in [1.29, 1.82) is 0 Å². The second-order valence-corrected chi connectivity index (χ2v) is 5.80. The summed E-state index contributed by atoms with van der Waals surface area (Å²) in [5, 5.41) is 6.70. The molecule has 0 bridgehead atoms. The van der Waals surface area contributed by atoms with E-state index in [-0.39, 0.29) is 13.1 Å². The van der Waals surface area contributed by atoms with E-state index in [9.17, 15) is 18.0 Å². The van der Waals surface area contributed by atoms with Crippen LogP contribution in [-0.4, -0.2) is 53.9 Å². The molecule has 2 aliphatic rings. The number of anilines is 1. The Bertz CT molecular complexity index is 542. The zero-order valence-corrected chi connectivity index (χ0v) is 11.7. The number of fused-ring (bicyclic) bond motifs is 1. The van der Waals surface area contributed by atoms with Crippen molar-refractivity contribution in [3.63, 3.8) is 0 Å². The largest absolute Gasteiger partial charge is 0.393 e. The molecule has 5 nitrogen and oxygen atoms in total. The van der Waals surface area contributed by atoms with E-state index in [4.69, 9.17) is 0 Å². The molecule has 2 atom stereocenters. The molecule has 0 unspecified atom stereocenters. The summed E-state index contributed by atoms with van der Waals surface area (Å²) in [6, 6.07) is 0. The van der Waals surface area contributed by atoms with Gasteiger partial charge in [0.2, 0.25) is 5.91 Å². The van der Waals surface area contributed by atoms with Gasteiger partial charge in [0.15, 0.2) is 0 Å². The maximum absolute atomic E-state index is 13.1. The average molecular weight is 302 g/mol. The quantitative estimate of drug-likeness (QED) is 0.854. The molecular formula is C13H17F3N4O. The van der Waals surface area contributed by atoms with Gasteiger partial charge < -0.3 is 9.80 Å². The Hall–Kier alpha value is -1.57. The Morgan fingerprint density at radius 1 is 1.43 bits per heavy atom. The SMILES string of the molecule is CN1C[C@@H](C(F)(F)F)[C@H](C(=O)N2CCCc3[nH]ncc32)C1. The molecule has 3 heterocycles. The summed E-state index contributed by atoms with van der Waals surface area (Å²) in [6.07, 6.45) is -1.32. The molecule has 1 aromatic heterocycles. The summed E-state index contributed by atoms with van der Waals surface area (Å²) in [5.74, 6) is -3.06. The molecule has 0 aromatic carbocycles. The highest BCUT2D eigenvalue weighted by Crippen LogP contribution is 2.39. The number of nitrogens with zero attached hydrogens (tertiary/aromatic N) is 3. The topological polar surface area (TPSA) is 52.2 Å². The molecule has 1 fully saturated rings. The first-order valence-corrected chi connectivity index (χ1v) is 6.97. The lowest BCUT2D eigenvalue weighted by Crippen LogP contribution is -2.44. The van der Waals surface area contributed by atoms with E-state index in [0.717, 1.165) is 18.5 Å². The van der Waals surface area contributed by atoms with Gasteiger partial charge in [-0.1, -0.05) is 0 Å². The minimum Gasteiger partial charge on any atom is -0.309 e. The lowest BCUT2D eigenvalue weighted by molar-refractivity contribution is -0.182. The van der Waals surface area contributed by atoms with Gasteiger partial charge in [0.05, 0.1) is 29.4 Å². The number of rotatable bonds is 1. The number of hydrogen-bond acceptors (Lipinski definition) is 3. The highest BCUT2D eigenvalue weighted by atomic mass is 19.4. The predicted octanol–water partition coefficient (Wildman–Crippen LogP) is 1.43. The zero-order valence-electron chi connectivity index (χ0n) is 11.7. The van der Waals surface area contributed by atoms with E-state index in [0.29, 0.717) is 12.2 Å². The van der Waals surface area contributed by atoms with Crippen molar-refractivity contribution >= 4 is 11.6 Å². The third-order valence-electron chi connectivity index (χ3n) is 4.30. The zero-order chi connectivity index (χ0) is 15.2. The molecule has 0 saturated carbocycles. The van der Waals surface area contributed by atoms with Gasteiger partial charge in [0.1, 0.15) is 0 Å². The van der Waals surface area contributed by atoms with Gasteiger partial charge in [-0.2, -0.15) is 18.3 Å². The van der Waals surface area contributed by atoms with Gasteiger partial charge in [0.25, 0.3) is 0 Å². The summed E-state index contributed by atoms with van der Waals surface area (Å²) < 4.78 is 39.4. The Labute approximate surface area is 120 Å². The van der Waals surface area contributed by atoms with Crippen LogP contribution in [0, 0.1) is 11.8 Å². The fraction of sp³-hybridized carbons (Fsp3) is 0.692. The number of amides is 1. The Morgan fingerprint density at radius 2 is 2.19 bits per heavy atom. The van der Waals surface area contributed by atoms with Crippen LogP contribution in [0.25, 0.3) is 0 Å². The number of halogens is 3. The van der Waals surface area contributed by atoms with E-state index >= 15 is 0 Å². The molecule has 1 aromatic rings. The molecule has 3 rings (SSSR count). The smallest absolute Gasteiger partial charge is 0.309 e. The fourth-order valence-corrected chi connectivity index (χ4v) is 3.27. The summed E-state index contributed by atoms with van der Waals surface area (Å²) in [4.78, 5) is 15.7. The molecule has 1 N–H and O–H groups in total. The summed E-state index contributed by atoms with van der Waals surface area (Å²) >= 11 is 0. The number of aromatic amines is 1. The van der Waals surface area contributed by atoms with Crippen molar-refractivity contribution in [3.05, 3.63) is 11.9 Å². The van der Waals surface area contributed by atoms with Crippen LogP contribution >= 0.6 is 0 Å². The fourth-order valence-electron chi connectivity index (χ4n) is 3.27. The first kappa shape index (κ1) is 14.4. The average Bonchev–Trinajstić information content (AvgIpc) is 3.02. The van der Waals surface area contributed by atoms with Crippen LogP contribution in [0.2, 0.25) is 0 Å². The number of alkyl halides is 3. The van der Waals surface area contributed by atoms with Crippen molar-refractivity contribution in [2.24, 2.45) is 11.8 Å². The van der Waals surface area contributed by atoms with Crippen molar-refractivity contribution in [2.75, 3.05) is 31.6 Å². The van der Waals surface area contributed by atoms with Gasteiger partial charge in [-0.3, -0.25) is 9.89 Å². The molecule has 8 heteroatoms. The van der Waals surface area contributed by atoms with Crippen LogP contribution in [0.15, 0.2) is 6.20 Å². The number of H-pyrrole nitrogens is 1. The van der Waals surface area contributed by atoms with Crippen molar-refractivity contribution < 1.29 is 18.0 Å². The Balaban J connectivity index is 1.86. The minimum absolute atomic E-state index is 0.119. The van der Waals surface area contributed by atoms with Gasteiger partial charge in [0, 0.05) is 19.6 Å². The lowest BCUT2D eigenvalue weighted by Gasteiger charge is -2.30. The monoisotopic (exact) mass is 302 g/mol. The molecule has 0 spiro atoms. The summed E-state index contributed by atoms with van der Waals surface area (Å²) in [6.45, 7) is 0.481. The molecule has 1 amide bonds. The molecule has 1 saturated heterocycles. The number of aromatic nitrogens is 2. The molecule has 116 valence electrons. The van der Waals surface area contributed by atoms with E-state index in [1.165, 1.54) is 11.1 Å². The van der Waals surface area contributed by atoms with Gasteiger partial charge in [-0.15, -0.1) is 0 Å². The summed E-state index contributed by atoms with van der Waals surface area (Å²) in [5.41, 5.74) is 1.45. The number of hydrogen-bond donors (Lipinski definition) is 1. The number of aryl methyl sites for hydroxylation is 1. The van der Waals surface area contributed by atoms with Crippen molar-refractivity contribution in [2.45, 2.75) is 19.0 Å². The van der Waals surface area contributed by atoms with Crippen molar-refractivity contribution in [1.82, 2.24) is 15.1 Å². The second kappa shape index (κ2) is 5.01. The Kier molecular flexibility index (Phi) is 3.43. The minimum atomic E-state index is -4.35. The number of carbonyl (C=O) groups excluding carboxylic acids is 1. The van der Waals surface area contributed by atoms with E-state index < -0.39 is 23.9 Å². The summed E-state index contributed by atoms with van der Waals surface area (Å²) in [7, 11) is 1.62. The normalized spacial score (nSPS) is 27.0. The standard InChI is InChI=1S/C13H17F3N4O/c1-19-6-8(9(7-19)13(14,15)16)12(21)20-4-2-3-10-11(20)5-17-18-10/h5,8-9H,2-4,6-7H2,1H3,(H,17,18)/t8-,9-/m1/s1. The third kappa shape index (κ3) is 2.52. The maximum Gasteiger partial charge on any atom is 0.393 e.